The summed E-state index contributed by atoms with van der Waals surface area (Å²) in [6.45, 7) is 0.865. The number of ether oxygens (including phenoxy) is 1. The first kappa shape index (κ1) is 28.4. The van der Waals surface area contributed by atoms with Crippen molar-refractivity contribution in [3.8, 4) is 5.75 Å². The zero-order valence-corrected chi connectivity index (χ0v) is 23.1. The molecule has 1 saturated heterocycles. The van der Waals surface area contributed by atoms with Crippen LogP contribution in [0.25, 0.3) is 0 Å². The van der Waals surface area contributed by atoms with E-state index < -0.39 is 38.7 Å². The zero-order valence-electron chi connectivity index (χ0n) is 20.7. The van der Waals surface area contributed by atoms with Gasteiger partial charge in [0.1, 0.15) is 11.9 Å². The Hall–Kier alpha value is -3.15. The number of carbonyl (C=O) groups is 1. The van der Waals surface area contributed by atoms with Crippen LogP contribution in [0, 0.1) is 0 Å². The van der Waals surface area contributed by atoms with E-state index in [4.69, 9.17) is 33.0 Å². The normalized spacial score (nSPS) is 17.7. The molecule has 0 spiro atoms. The SMILES string of the molecule is O=C(O)CC[C@H]1CN(S(=O)(=O)c2cccc(C(F)(F)F)c2)c2cc(C3CN(c4c(Cl)cccc4Cl)C3)ccc2O1. The number of aliphatic carboxylic acids is 1. The number of anilines is 2. The van der Waals surface area contributed by atoms with E-state index in [2.05, 4.69) is 0 Å². The third-order valence-corrected chi connectivity index (χ3v) is 9.34. The van der Waals surface area contributed by atoms with Gasteiger partial charge >= 0.3 is 12.1 Å². The minimum Gasteiger partial charge on any atom is -0.486 e. The molecule has 1 fully saturated rings. The van der Waals surface area contributed by atoms with Crippen molar-refractivity contribution in [2.24, 2.45) is 0 Å². The molecule has 0 amide bonds. The highest BCUT2D eigenvalue weighted by Crippen LogP contribution is 2.44. The molecule has 212 valence electrons. The Morgan fingerprint density at radius 1 is 1.00 bits per heavy atom. The quantitative estimate of drug-likeness (QED) is 0.330. The highest BCUT2D eigenvalue weighted by molar-refractivity contribution is 7.92. The molecule has 5 rings (SSSR count). The van der Waals surface area contributed by atoms with Gasteiger partial charge in [0, 0.05) is 25.4 Å². The van der Waals surface area contributed by atoms with Crippen LogP contribution < -0.4 is 13.9 Å². The van der Waals surface area contributed by atoms with Crippen molar-refractivity contribution in [1.29, 1.82) is 0 Å². The molecule has 0 unspecified atom stereocenters. The highest BCUT2D eigenvalue weighted by atomic mass is 35.5. The van der Waals surface area contributed by atoms with E-state index in [1.54, 1.807) is 36.4 Å². The van der Waals surface area contributed by atoms with Gasteiger partial charge in [-0.2, -0.15) is 13.2 Å². The van der Waals surface area contributed by atoms with E-state index in [0.29, 0.717) is 34.9 Å². The summed E-state index contributed by atoms with van der Waals surface area (Å²) < 4.78 is 74.5. The van der Waals surface area contributed by atoms with Crippen LogP contribution >= 0.6 is 23.2 Å². The highest BCUT2D eigenvalue weighted by Gasteiger charge is 2.38. The predicted octanol–water partition coefficient (Wildman–Crippen LogP) is 6.44. The molecule has 3 aromatic carbocycles. The Morgan fingerprint density at radius 3 is 2.33 bits per heavy atom. The number of alkyl halides is 3. The minimum atomic E-state index is -4.73. The van der Waals surface area contributed by atoms with Crippen molar-refractivity contribution in [3.63, 3.8) is 0 Å². The molecule has 2 heterocycles. The lowest BCUT2D eigenvalue weighted by atomic mass is 9.90. The number of carboxylic acid groups (broad SMARTS) is 1. The molecule has 13 heteroatoms. The lowest BCUT2D eigenvalue weighted by molar-refractivity contribution is -0.138. The van der Waals surface area contributed by atoms with Gasteiger partial charge in [-0.05, 0) is 54.4 Å². The molecule has 1 atom stereocenters. The molecule has 7 nitrogen and oxygen atoms in total. The van der Waals surface area contributed by atoms with Crippen LogP contribution in [0.15, 0.2) is 65.6 Å². The number of nitrogens with zero attached hydrogens (tertiary/aromatic N) is 2. The average Bonchev–Trinajstić information content (AvgIpc) is 2.87. The summed E-state index contributed by atoms with van der Waals surface area (Å²) in [7, 11) is -4.47. The lowest BCUT2D eigenvalue weighted by Crippen LogP contribution is -2.46. The Morgan fingerprint density at radius 2 is 1.68 bits per heavy atom. The van der Waals surface area contributed by atoms with Crippen LogP contribution in [-0.4, -0.2) is 45.2 Å². The number of benzene rings is 3. The molecule has 0 radical (unpaired) electrons. The maximum Gasteiger partial charge on any atom is 0.416 e. The molecular weight excluding hydrogens is 592 g/mol. The summed E-state index contributed by atoms with van der Waals surface area (Å²) in [5.74, 6) is -0.878. The van der Waals surface area contributed by atoms with E-state index in [0.717, 1.165) is 28.1 Å². The smallest absolute Gasteiger partial charge is 0.416 e. The Bertz CT molecular complexity index is 1540. The van der Waals surface area contributed by atoms with Crippen LogP contribution in [0.4, 0.5) is 24.5 Å². The molecule has 40 heavy (non-hydrogen) atoms. The van der Waals surface area contributed by atoms with E-state index in [1.165, 1.54) is 0 Å². The standard InChI is InChI=1S/C27H23Cl2F3N2O5S/c28-21-5-2-6-22(29)26(21)33-13-17(14-33)16-7-9-24-23(11-16)34(15-19(39-24)8-10-25(35)36)40(37,38)20-4-1-3-18(12-20)27(30,31)32/h1-7,9,11-12,17,19H,8,10,13-15H2,(H,35,36)/t19-/m0/s1. The second-order valence-electron chi connectivity index (χ2n) is 9.63. The van der Waals surface area contributed by atoms with Gasteiger partial charge in [0.05, 0.1) is 38.4 Å². The van der Waals surface area contributed by atoms with Crippen molar-refractivity contribution in [2.75, 3.05) is 28.8 Å². The molecular formula is C27H23Cl2F3N2O5S. The number of hydrogen-bond donors (Lipinski definition) is 1. The summed E-state index contributed by atoms with van der Waals surface area (Å²) in [6, 6.07) is 13.8. The van der Waals surface area contributed by atoms with Crippen molar-refractivity contribution in [2.45, 2.75) is 35.9 Å². The van der Waals surface area contributed by atoms with Crippen molar-refractivity contribution in [1.82, 2.24) is 0 Å². The van der Waals surface area contributed by atoms with Gasteiger partial charge < -0.3 is 14.7 Å². The first-order valence-corrected chi connectivity index (χ1v) is 14.5. The summed E-state index contributed by atoms with van der Waals surface area (Å²) in [6.07, 6.45) is -5.79. The zero-order chi connectivity index (χ0) is 28.8. The summed E-state index contributed by atoms with van der Waals surface area (Å²) in [4.78, 5) is 12.6. The summed E-state index contributed by atoms with van der Waals surface area (Å²) >= 11 is 12.7. The average molecular weight is 615 g/mol. The van der Waals surface area contributed by atoms with E-state index >= 15 is 0 Å². The van der Waals surface area contributed by atoms with Gasteiger partial charge in [0.2, 0.25) is 0 Å². The molecule has 3 aromatic rings. The number of para-hydroxylation sites is 1. The number of sulfonamides is 1. The second kappa shape index (κ2) is 10.7. The number of rotatable bonds is 7. The topological polar surface area (TPSA) is 87.2 Å². The fourth-order valence-corrected chi connectivity index (χ4v) is 7.05. The third kappa shape index (κ3) is 5.55. The third-order valence-electron chi connectivity index (χ3n) is 6.95. The number of fused-ring (bicyclic) bond motifs is 1. The van der Waals surface area contributed by atoms with Gasteiger partial charge in [0.15, 0.2) is 0 Å². The summed E-state index contributed by atoms with van der Waals surface area (Å²) in [5.41, 5.74) is 0.593. The molecule has 2 aliphatic heterocycles. The van der Waals surface area contributed by atoms with Gasteiger partial charge in [-0.25, -0.2) is 8.42 Å². The van der Waals surface area contributed by atoms with E-state index in [9.17, 15) is 26.4 Å². The van der Waals surface area contributed by atoms with Gasteiger partial charge in [-0.3, -0.25) is 9.10 Å². The number of hydrogen-bond acceptors (Lipinski definition) is 5. The maximum atomic E-state index is 13.7. The monoisotopic (exact) mass is 614 g/mol. The molecule has 0 aliphatic carbocycles. The van der Waals surface area contributed by atoms with Crippen LogP contribution in [-0.2, 0) is 21.0 Å². The number of halogens is 5. The van der Waals surface area contributed by atoms with Crippen molar-refractivity contribution in [3.05, 3.63) is 81.8 Å². The van der Waals surface area contributed by atoms with E-state index in [1.807, 2.05) is 4.90 Å². The Balaban J connectivity index is 1.48. The van der Waals surface area contributed by atoms with Gasteiger partial charge in [-0.15, -0.1) is 0 Å². The van der Waals surface area contributed by atoms with Gasteiger partial charge in [0.25, 0.3) is 10.0 Å². The lowest BCUT2D eigenvalue weighted by Gasteiger charge is -2.43. The predicted molar refractivity (Wildman–Crippen MR) is 145 cm³/mol. The largest absolute Gasteiger partial charge is 0.486 e. The Kier molecular flexibility index (Phi) is 7.58. The molecule has 1 N–H and O–H groups in total. The second-order valence-corrected chi connectivity index (χ2v) is 12.3. The Labute approximate surface area is 238 Å². The molecule has 2 aliphatic rings. The van der Waals surface area contributed by atoms with Crippen LogP contribution in [0.5, 0.6) is 5.75 Å². The number of carboxylic acids is 1. The van der Waals surface area contributed by atoms with Crippen LogP contribution in [0.2, 0.25) is 10.0 Å². The first-order chi connectivity index (χ1) is 18.8. The van der Waals surface area contributed by atoms with Crippen LogP contribution in [0.1, 0.15) is 29.9 Å². The minimum absolute atomic E-state index is 0.000449. The first-order valence-electron chi connectivity index (χ1n) is 12.3. The molecule has 0 saturated carbocycles. The molecule has 0 aromatic heterocycles. The van der Waals surface area contributed by atoms with E-state index in [-0.39, 0.29) is 36.7 Å². The van der Waals surface area contributed by atoms with Crippen molar-refractivity contribution < 1.29 is 36.2 Å². The fourth-order valence-electron chi connectivity index (χ4n) is 4.87. The fraction of sp³-hybridized carbons (Fsp3) is 0.296. The van der Waals surface area contributed by atoms with Crippen LogP contribution in [0.3, 0.4) is 0 Å². The van der Waals surface area contributed by atoms with Gasteiger partial charge in [-0.1, -0.05) is 41.4 Å². The van der Waals surface area contributed by atoms with Crippen molar-refractivity contribution >= 4 is 50.6 Å². The summed E-state index contributed by atoms with van der Waals surface area (Å²) in [5, 5.41) is 10.1. The maximum absolute atomic E-state index is 13.7. The molecule has 0 bridgehead atoms.